The zero-order valence-corrected chi connectivity index (χ0v) is 16.7. The number of nitrogens with zero attached hydrogens (tertiary/aromatic N) is 6. The predicted octanol–water partition coefficient (Wildman–Crippen LogP) is 1.99. The molecule has 1 aliphatic rings. The number of piperazine rings is 1. The van der Waals surface area contributed by atoms with Crippen molar-refractivity contribution >= 4 is 23.2 Å². The number of para-hydroxylation sites is 1. The van der Waals surface area contributed by atoms with Crippen molar-refractivity contribution < 1.29 is 4.79 Å². The Balaban J connectivity index is 1.47. The molecule has 1 fully saturated rings. The van der Waals surface area contributed by atoms with E-state index in [9.17, 15) is 9.59 Å². The van der Waals surface area contributed by atoms with Gasteiger partial charge in [-0.1, -0.05) is 23.7 Å². The Morgan fingerprint density at radius 1 is 1.07 bits per heavy atom. The van der Waals surface area contributed by atoms with Crippen molar-refractivity contribution in [3.05, 3.63) is 70.2 Å². The fourth-order valence-corrected chi connectivity index (χ4v) is 3.72. The Hall–Kier alpha value is -3.13. The lowest BCUT2D eigenvalue weighted by molar-refractivity contribution is -0.135. The molecule has 0 bridgehead atoms. The lowest BCUT2D eigenvalue weighted by atomic mass is 10.2. The van der Waals surface area contributed by atoms with Crippen molar-refractivity contribution in [2.75, 3.05) is 31.1 Å². The van der Waals surface area contributed by atoms with Crippen LogP contribution in [0.1, 0.15) is 13.0 Å². The summed E-state index contributed by atoms with van der Waals surface area (Å²) in [5.74, 6) is 0.355. The van der Waals surface area contributed by atoms with Crippen LogP contribution >= 0.6 is 11.6 Å². The molecule has 1 saturated heterocycles. The van der Waals surface area contributed by atoms with Gasteiger partial charge in [-0.2, -0.15) is 5.10 Å². The monoisotopic (exact) mass is 412 g/mol. The van der Waals surface area contributed by atoms with Gasteiger partial charge in [-0.3, -0.25) is 9.59 Å². The van der Waals surface area contributed by atoms with Crippen LogP contribution < -0.4 is 10.5 Å². The molecule has 9 heteroatoms. The van der Waals surface area contributed by atoms with E-state index in [1.54, 1.807) is 41.0 Å². The topological polar surface area (TPSA) is 76.3 Å². The van der Waals surface area contributed by atoms with Crippen LogP contribution in [0.2, 0.25) is 5.02 Å². The summed E-state index contributed by atoms with van der Waals surface area (Å²) in [5.41, 5.74) is 0.649. The molecule has 4 rings (SSSR count). The van der Waals surface area contributed by atoms with E-state index in [0.29, 0.717) is 37.0 Å². The number of hydrogen-bond acceptors (Lipinski definition) is 5. The largest absolute Gasteiger partial charge is 0.367 e. The van der Waals surface area contributed by atoms with Gasteiger partial charge in [0, 0.05) is 44.6 Å². The molecule has 3 heterocycles. The summed E-state index contributed by atoms with van der Waals surface area (Å²) in [6.07, 6.45) is 3.36. The minimum Gasteiger partial charge on any atom is -0.367 e. The van der Waals surface area contributed by atoms with Gasteiger partial charge < -0.3 is 9.80 Å². The molecule has 1 unspecified atom stereocenters. The Bertz CT molecular complexity index is 1060. The Kier molecular flexibility index (Phi) is 5.35. The minimum atomic E-state index is -0.704. The number of anilines is 1. The number of hydrogen-bond donors (Lipinski definition) is 0. The molecule has 8 nitrogen and oxygen atoms in total. The van der Waals surface area contributed by atoms with Gasteiger partial charge in [-0.15, -0.1) is 5.10 Å². The minimum absolute atomic E-state index is 0.129. The summed E-state index contributed by atoms with van der Waals surface area (Å²) in [5, 5.41) is 9.16. The summed E-state index contributed by atoms with van der Waals surface area (Å²) >= 11 is 6.29. The van der Waals surface area contributed by atoms with Crippen LogP contribution in [0.15, 0.2) is 59.7 Å². The normalized spacial score (nSPS) is 15.4. The highest BCUT2D eigenvalue weighted by molar-refractivity contribution is 6.33. The molecular weight excluding hydrogens is 392 g/mol. The highest BCUT2D eigenvalue weighted by Crippen LogP contribution is 2.26. The first-order valence-electron chi connectivity index (χ1n) is 9.43. The van der Waals surface area contributed by atoms with Crippen LogP contribution in [0, 0.1) is 0 Å². The van der Waals surface area contributed by atoms with Gasteiger partial charge in [0.25, 0.3) is 5.56 Å². The predicted molar refractivity (Wildman–Crippen MR) is 111 cm³/mol. The number of aromatic nitrogens is 4. The van der Waals surface area contributed by atoms with E-state index >= 15 is 0 Å². The Morgan fingerprint density at radius 3 is 2.52 bits per heavy atom. The average Bonchev–Trinajstić information content (AvgIpc) is 3.28. The zero-order chi connectivity index (χ0) is 20.4. The molecule has 150 valence electrons. The van der Waals surface area contributed by atoms with E-state index in [2.05, 4.69) is 15.1 Å². The summed E-state index contributed by atoms with van der Waals surface area (Å²) in [6.45, 7) is 4.17. The standard InChI is InChI=1S/C20H21ClN6O2/c1-15(27-19(28)8-7-18(23-27)26-10-4-9-22-26)20(29)25-13-11-24(12-14-25)17-6-3-2-5-16(17)21/h2-10,15H,11-14H2,1H3. The smallest absolute Gasteiger partial charge is 0.267 e. The van der Waals surface area contributed by atoms with Crippen LogP contribution in [-0.2, 0) is 4.79 Å². The van der Waals surface area contributed by atoms with E-state index < -0.39 is 6.04 Å². The molecule has 1 amide bonds. The lowest BCUT2D eigenvalue weighted by Crippen LogP contribution is -2.51. The van der Waals surface area contributed by atoms with Crippen LogP contribution in [0.5, 0.6) is 0 Å². The highest BCUT2D eigenvalue weighted by atomic mass is 35.5. The Morgan fingerprint density at radius 2 is 1.83 bits per heavy atom. The molecule has 0 N–H and O–H groups in total. The molecular formula is C20H21ClN6O2. The summed E-state index contributed by atoms with van der Waals surface area (Å²) in [7, 11) is 0. The van der Waals surface area contributed by atoms with Crippen molar-refractivity contribution in [1.29, 1.82) is 0 Å². The van der Waals surface area contributed by atoms with Gasteiger partial charge >= 0.3 is 0 Å². The number of benzene rings is 1. The maximum absolute atomic E-state index is 13.0. The lowest BCUT2D eigenvalue weighted by Gasteiger charge is -2.37. The fourth-order valence-electron chi connectivity index (χ4n) is 3.46. The number of carbonyl (C=O) groups is 1. The fraction of sp³-hybridized carbons (Fsp3) is 0.300. The number of amides is 1. The van der Waals surface area contributed by atoms with E-state index in [1.807, 2.05) is 24.3 Å². The van der Waals surface area contributed by atoms with E-state index in [-0.39, 0.29) is 11.5 Å². The molecule has 0 aliphatic carbocycles. The van der Waals surface area contributed by atoms with Crippen LogP contribution in [0.25, 0.3) is 5.82 Å². The zero-order valence-electron chi connectivity index (χ0n) is 16.0. The second kappa shape index (κ2) is 8.08. The maximum atomic E-state index is 13.0. The summed E-state index contributed by atoms with van der Waals surface area (Å²) in [6, 6.07) is 11.7. The second-order valence-corrected chi connectivity index (χ2v) is 7.27. The van der Waals surface area contributed by atoms with Crippen molar-refractivity contribution in [3.63, 3.8) is 0 Å². The molecule has 3 aromatic rings. The van der Waals surface area contributed by atoms with Gasteiger partial charge in [-0.25, -0.2) is 9.36 Å². The average molecular weight is 413 g/mol. The first-order chi connectivity index (χ1) is 14.0. The molecule has 1 aromatic carbocycles. The third-order valence-electron chi connectivity index (χ3n) is 5.06. The number of carbonyl (C=O) groups excluding carboxylic acids is 1. The van der Waals surface area contributed by atoms with Crippen molar-refractivity contribution in [2.45, 2.75) is 13.0 Å². The van der Waals surface area contributed by atoms with Crippen molar-refractivity contribution in [2.24, 2.45) is 0 Å². The van der Waals surface area contributed by atoms with Crippen molar-refractivity contribution in [3.8, 4) is 5.82 Å². The Labute approximate surface area is 172 Å². The highest BCUT2D eigenvalue weighted by Gasteiger charge is 2.27. The molecule has 0 radical (unpaired) electrons. The van der Waals surface area contributed by atoms with Gasteiger partial charge in [0.05, 0.1) is 10.7 Å². The second-order valence-electron chi connectivity index (χ2n) is 6.86. The third-order valence-corrected chi connectivity index (χ3v) is 5.38. The van der Waals surface area contributed by atoms with Crippen LogP contribution in [0.4, 0.5) is 5.69 Å². The molecule has 1 aliphatic heterocycles. The van der Waals surface area contributed by atoms with Gasteiger partial charge in [0.2, 0.25) is 5.91 Å². The summed E-state index contributed by atoms with van der Waals surface area (Å²) in [4.78, 5) is 29.3. The molecule has 29 heavy (non-hydrogen) atoms. The first kappa shape index (κ1) is 19.2. The maximum Gasteiger partial charge on any atom is 0.267 e. The number of halogens is 1. The quantitative estimate of drug-likeness (QED) is 0.655. The van der Waals surface area contributed by atoms with Crippen LogP contribution in [0.3, 0.4) is 0 Å². The van der Waals surface area contributed by atoms with Crippen LogP contribution in [-0.4, -0.2) is 56.5 Å². The molecule has 0 saturated carbocycles. The third kappa shape index (κ3) is 3.88. The summed E-state index contributed by atoms with van der Waals surface area (Å²) < 4.78 is 2.77. The van der Waals surface area contributed by atoms with E-state index in [4.69, 9.17) is 11.6 Å². The van der Waals surface area contributed by atoms with E-state index in [1.165, 1.54) is 10.7 Å². The molecule has 2 aromatic heterocycles. The number of rotatable bonds is 4. The van der Waals surface area contributed by atoms with Gasteiger partial charge in [0.1, 0.15) is 6.04 Å². The first-order valence-corrected chi connectivity index (χ1v) is 9.80. The van der Waals surface area contributed by atoms with Gasteiger partial charge in [0.15, 0.2) is 5.82 Å². The van der Waals surface area contributed by atoms with E-state index in [0.717, 1.165) is 5.69 Å². The molecule has 0 spiro atoms. The van der Waals surface area contributed by atoms with Gasteiger partial charge in [-0.05, 0) is 31.2 Å². The van der Waals surface area contributed by atoms with Crippen molar-refractivity contribution in [1.82, 2.24) is 24.5 Å². The SMILES string of the molecule is CC(C(=O)N1CCN(c2ccccc2Cl)CC1)n1nc(-n2cccn2)ccc1=O. The molecule has 1 atom stereocenters.